The highest BCUT2D eigenvalue weighted by molar-refractivity contribution is 6.51. The molecule has 1 N–H and O–H groups in total. The van der Waals surface area contributed by atoms with Crippen molar-refractivity contribution in [1.29, 1.82) is 0 Å². The van der Waals surface area contributed by atoms with Crippen molar-refractivity contribution in [2.45, 2.75) is 32.9 Å². The first-order chi connectivity index (χ1) is 16.8. The fraction of sp³-hybridized carbons (Fsp3) is 0.214. The molecule has 7 heteroatoms. The molecule has 1 aliphatic heterocycles. The van der Waals surface area contributed by atoms with Gasteiger partial charge in [-0.1, -0.05) is 41.9 Å². The first-order valence-corrected chi connectivity index (χ1v) is 11.7. The summed E-state index contributed by atoms with van der Waals surface area (Å²) in [5.74, 6) is -0.679. The summed E-state index contributed by atoms with van der Waals surface area (Å²) in [5, 5.41) is 11.8. The predicted octanol–water partition coefficient (Wildman–Crippen LogP) is 6.15. The van der Waals surface area contributed by atoms with Gasteiger partial charge in [0.2, 0.25) is 0 Å². The van der Waals surface area contributed by atoms with Crippen molar-refractivity contribution < 1.29 is 24.2 Å². The van der Waals surface area contributed by atoms with E-state index in [2.05, 4.69) is 0 Å². The molecule has 1 unspecified atom stereocenters. The Labute approximate surface area is 209 Å². The van der Waals surface area contributed by atoms with Gasteiger partial charge in [0, 0.05) is 22.3 Å². The van der Waals surface area contributed by atoms with Gasteiger partial charge in [-0.3, -0.25) is 14.5 Å². The molecule has 3 aromatic rings. The molecule has 0 aromatic heterocycles. The van der Waals surface area contributed by atoms with E-state index in [4.69, 9.17) is 21.1 Å². The van der Waals surface area contributed by atoms with Crippen LogP contribution in [0.4, 0.5) is 5.69 Å². The van der Waals surface area contributed by atoms with Crippen LogP contribution in [0.2, 0.25) is 5.02 Å². The molecule has 1 saturated heterocycles. The van der Waals surface area contributed by atoms with Crippen molar-refractivity contribution >= 4 is 34.7 Å². The van der Waals surface area contributed by atoms with Gasteiger partial charge < -0.3 is 14.6 Å². The Kier molecular flexibility index (Phi) is 7.12. The molecule has 1 heterocycles. The molecule has 0 bridgehead atoms. The van der Waals surface area contributed by atoms with Gasteiger partial charge in [-0.2, -0.15) is 0 Å². The Hall–Kier alpha value is -3.77. The van der Waals surface area contributed by atoms with Crippen LogP contribution >= 0.6 is 11.6 Å². The molecular weight excluding hydrogens is 466 g/mol. The van der Waals surface area contributed by atoms with Crippen molar-refractivity contribution in [2.75, 3.05) is 11.5 Å². The zero-order valence-electron chi connectivity index (χ0n) is 19.7. The molecular formula is C28H26ClNO5. The maximum Gasteiger partial charge on any atom is 0.300 e. The SMILES string of the molecule is CCOc1cccc(N2C(=O)C(=O)/C(=C(/O)c3cccc(OC(C)C)c3)C2c2ccc(Cl)cc2)c1. The van der Waals surface area contributed by atoms with Crippen LogP contribution in [0.3, 0.4) is 0 Å². The van der Waals surface area contributed by atoms with E-state index in [-0.39, 0.29) is 17.4 Å². The highest BCUT2D eigenvalue weighted by atomic mass is 35.5. The molecule has 35 heavy (non-hydrogen) atoms. The summed E-state index contributed by atoms with van der Waals surface area (Å²) in [6.07, 6.45) is -0.0651. The lowest BCUT2D eigenvalue weighted by atomic mass is 9.95. The van der Waals surface area contributed by atoms with Crippen LogP contribution < -0.4 is 14.4 Å². The number of anilines is 1. The molecule has 180 valence electrons. The van der Waals surface area contributed by atoms with E-state index in [9.17, 15) is 14.7 Å². The molecule has 1 fully saturated rings. The van der Waals surface area contributed by atoms with Crippen LogP contribution in [0, 0.1) is 0 Å². The summed E-state index contributed by atoms with van der Waals surface area (Å²) < 4.78 is 11.3. The molecule has 1 atom stereocenters. The molecule has 1 aliphatic rings. The van der Waals surface area contributed by atoms with Gasteiger partial charge in [-0.15, -0.1) is 0 Å². The maximum atomic E-state index is 13.3. The number of carbonyl (C=O) groups excluding carboxylic acids is 2. The fourth-order valence-corrected chi connectivity index (χ4v) is 4.22. The molecule has 1 amide bonds. The molecule has 0 saturated carbocycles. The minimum absolute atomic E-state index is 0.0131. The Morgan fingerprint density at radius 3 is 2.37 bits per heavy atom. The fourth-order valence-electron chi connectivity index (χ4n) is 4.09. The van der Waals surface area contributed by atoms with E-state index in [0.29, 0.717) is 39.9 Å². The number of amides is 1. The topological polar surface area (TPSA) is 76.1 Å². The molecule has 0 radical (unpaired) electrons. The summed E-state index contributed by atoms with van der Waals surface area (Å²) in [7, 11) is 0. The van der Waals surface area contributed by atoms with Gasteiger partial charge in [-0.05, 0) is 62.7 Å². The first kappa shape index (κ1) is 24.4. The largest absolute Gasteiger partial charge is 0.507 e. The number of ether oxygens (including phenoxy) is 2. The number of rotatable bonds is 7. The van der Waals surface area contributed by atoms with Gasteiger partial charge in [0.25, 0.3) is 11.7 Å². The third-order valence-corrected chi connectivity index (χ3v) is 5.77. The Morgan fingerprint density at radius 2 is 1.69 bits per heavy atom. The van der Waals surface area contributed by atoms with Gasteiger partial charge in [0.1, 0.15) is 17.3 Å². The Morgan fingerprint density at radius 1 is 1.00 bits per heavy atom. The lowest BCUT2D eigenvalue weighted by Crippen LogP contribution is -2.29. The summed E-state index contributed by atoms with van der Waals surface area (Å²) in [6.45, 7) is 6.12. The van der Waals surface area contributed by atoms with Crippen LogP contribution in [0.25, 0.3) is 5.76 Å². The minimum atomic E-state index is -0.862. The monoisotopic (exact) mass is 491 g/mol. The number of Topliss-reactive ketones (excluding diaryl/α,β-unsaturated/α-hetero) is 1. The zero-order chi connectivity index (χ0) is 25.1. The number of hydrogen-bond donors (Lipinski definition) is 1. The van der Waals surface area contributed by atoms with Gasteiger partial charge in [0.05, 0.1) is 24.3 Å². The van der Waals surface area contributed by atoms with E-state index in [1.807, 2.05) is 20.8 Å². The van der Waals surface area contributed by atoms with E-state index in [1.54, 1.807) is 72.8 Å². The molecule has 3 aromatic carbocycles. The number of benzene rings is 3. The smallest absolute Gasteiger partial charge is 0.300 e. The summed E-state index contributed by atoms with van der Waals surface area (Å²) in [6, 6.07) is 19.8. The van der Waals surface area contributed by atoms with Crippen molar-refractivity contribution in [1.82, 2.24) is 0 Å². The number of ketones is 1. The van der Waals surface area contributed by atoms with Crippen LogP contribution in [0.15, 0.2) is 78.4 Å². The average molecular weight is 492 g/mol. The normalized spacial score (nSPS) is 17.2. The van der Waals surface area contributed by atoms with Crippen molar-refractivity contribution in [3.05, 3.63) is 94.5 Å². The predicted molar refractivity (Wildman–Crippen MR) is 136 cm³/mol. The van der Waals surface area contributed by atoms with Crippen molar-refractivity contribution in [3.63, 3.8) is 0 Å². The number of aliphatic hydroxyl groups is 1. The molecule has 6 nitrogen and oxygen atoms in total. The zero-order valence-corrected chi connectivity index (χ0v) is 20.5. The number of hydrogen-bond acceptors (Lipinski definition) is 5. The van der Waals surface area contributed by atoms with E-state index in [1.165, 1.54) is 4.90 Å². The van der Waals surface area contributed by atoms with Crippen LogP contribution in [0.5, 0.6) is 11.5 Å². The third kappa shape index (κ3) is 5.03. The summed E-state index contributed by atoms with van der Waals surface area (Å²) in [5.41, 5.74) is 1.48. The number of carbonyl (C=O) groups is 2. The second-order valence-corrected chi connectivity index (χ2v) is 8.78. The first-order valence-electron chi connectivity index (χ1n) is 11.4. The van der Waals surface area contributed by atoms with Gasteiger partial charge in [-0.25, -0.2) is 0 Å². The van der Waals surface area contributed by atoms with E-state index < -0.39 is 17.7 Å². The van der Waals surface area contributed by atoms with Gasteiger partial charge >= 0.3 is 0 Å². The number of halogens is 1. The lowest BCUT2D eigenvalue weighted by Gasteiger charge is -2.26. The maximum absolute atomic E-state index is 13.3. The standard InChI is InChI=1S/C28H26ClNO5/c1-4-34-22-9-6-8-21(16-22)30-25(18-11-13-20(29)14-12-18)24(27(32)28(30)33)26(31)19-7-5-10-23(15-19)35-17(2)3/h5-17,25,31H,4H2,1-3H3/b26-24+. The number of nitrogens with zero attached hydrogens (tertiary/aromatic N) is 1. The number of aliphatic hydroxyl groups excluding tert-OH is 1. The van der Waals surface area contributed by atoms with Crippen LogP contribution in [0.1, 0.15) is 37.9 Å². The highest BCUT2D eigenvalue weighted by Gasteiger charge is 2.47. The quantitative estimate of drug-likeness (QED) is 0.243. The average Bonchev–Trinajstić information content (AvgIpc) is 3.09. The van der Waals surface area contributed by atoms with Crippen molar-refractivity contribution in [2.24, 2.45) is 0 Å². The summed E-state index contributed by atoms with van der Waals surface area (Å²) >= 11 is 6.10. The molecule has 0 spiro atoms. The Bertz CT molecular complexity index is 1280. The lowest BCUT2D eigenvalue weighted by molar-refractivity contribution is -0.132. The second kappa shape index (κ2) is 10.2. The second-order valence-electron chi connectivity index (χ2n) is 8.35. The third-order valence-electron chi connectivity index (χ3n) is 5.52. The minimum Gasteiger partial charge on any atom is -0.507 e. The van der Waals surface area contributed by atoms with E-state index >= 15 is 0 Å². The van der Waals surface area contributed by atoms with E-state index in [0.717, 1.165) is 0 Å². The Balaban J connectivity index is 1.89. The van der Waals surface area contributed by atoms with Gasteiger partial charge in [0.15, 0.2) is 0 Å². The summed E-state index contributed by atoms with van der Waals surface area (Å²) in [4.78, 5) is 28.0. The van der Waals surface area contributed by atoms with Crippen LogP contribution in [-0.2, 0) is 9.59 Å². The van der Waals surface area contributed by atoms with Crippen LogP contribution in [-0.4, -0.2) is 29.5 Å². The van der Waals surface area contributed by atoms with Crippen molar-refractivity contribution in [3.8, 4) is 11.5 Å². The molecule has 4 rings (SSSR count). The molecule has 0 aliphatic carbocycles. The highest BCUT2D eigenvalue weighted by Crippen LogP contribution is 2.43.